The van der Waals surface area contributed by atoms with Crippen LogP contribution < -0.4 is 11.1 Å². The van der Waals surface area contributed by atoms with Crippen molar-refractivity contribution in [1.82, 2.24) is 15.1 Å². The summed E-state index contributed by atoms with van der Waals surface area (Å²) in [7, 11) is 0. The summed E-state index contributed by atoms with van der Waals surface area (Å²) in [5.74, 6) is -0.129. The monoisotopic (exact) mass is 336 g/mol. The van der Waals surface area contributed by atoms with Gasteiger partial charge in [0.05, 0.1) is 17.8 Å². The molecule has 2 atom stereocenters. The third-order valence-corrected chi connectivity index (χ3v) is 3.74. The van der Waals surface area contributed by atoms with E-state index in [-0.39, 0.29) is 29.8 Å². The first-order chi connectivity index (χ1) is 10.3. The number of rotatable bonds is 4. The number of nitrogens with zero attached hydrogens (tertiary/aromatic N) is 2. The van der Waals surface area contributed by atoms with Gasteiger partial charge in [0, 0.05) is 12.4 Å². The minimum atomic E-state index is -0.529. The predicted octanol–water partition coefficient (Wildman–Crippen LogP) is 2.84. The van der Waals surface area contributed by atoms with Crippen molar-refractivity contribution in [2.75, 3.05) is 0 Å². The Hall–Kier alpha value is -1.85. The molecule has 0 aliphatic heterocycles. The average Bonchev–Trinajstić information content (AvgIpc) is 2.99. The molecule has 0 saturated carbocycles. The number of amides is 1. The largest absolute Gasteiger partial charge is 0.348 e. The van der Waals surface area contributed by atoms with Crippen LogP contribution in [0.5, 0.6) is 0 Å². The van der Waals surface area contributed by atoms with E-state index in [0.717, 1.165) is 11.3 Å². The van der Waals surface area contributed by atoms with E-state index in [1.807, 2.05) is 64.2 Å². The maximum atomic E-state index is 12.2. The molecule has 1 amide bonds. The first-order valence-corrected chi connectivity index (χ1v) is 7.45. The third kappa shape index (κ3) is 4.81. The first kappa shape index (κ1) is 19.2. The summed E-state index contributed by atoms with van der Waals surface area (Å²) in [6.45, 7) is 7.83. The minimum absolute atomic E-state index is 0. The maximum Gasteiger partial charge on any atom is 0.237 e. The number of aromatic nitrogens is 2. The van der Waals surface area contributed by atoms with Crippen LogP contribution in [0.25, 0.3) is 5.69 Å². The fourth-order valence-corrected chi connectivity index (χ4v) is 2.12. The number of carbonyl (C=O) groups excluding carboxylic acids is 1. The van der Waals surface area contributed by atoms with Crippen molar-refractivity contribution in [3.8, 4) is 5.69 Å². The van der Waals surface area contributed by atoms with E-state index >= 15 is 0 Å². The van der Waals surface area contributed by atoms with Gasteiger partial charge in [0.1, 0.15) is 0 Å². The van der Waals surface area contributed by atoms with Gasteiger partial charge in [0.25, 0.3) is 0 Å². The Morgan fingerprint density at radius 2 is 1.87 bits per heavy atom. The molecule has 3 N–H and O–H groups in total. The Kier molecular flexibility index (Phi) is 6.36. The molecule has 6 heteroatoms. The van der Waals surface area contributed by atoms with Crippen molar-refractivity contribution in [2.45, 2.75) is 39.8 Å². The van der Waals surface area contributed by atoms with Crippen LogP contribution in [0.15, 0.2) is 42.7 Å². The summed E-state index contributed by atoms with van der Waals surface area (Å²) in [5, 5.41) is 7.16. The topological polar surface area (TPSA) is 72.9 Å². The molecule has 126 valence electrons. The smallest absolute Gasteiger partial charge is 0.237 e. The summed E-state index contributed by atoms with van der Waals surface area (Å²) >= 11 is 0. The highest BCUT2D eigenvalue weighted by Gasteiger charge is 2.28. The van der Waals surface area contributed by atoms with Crippen molar-refractivity contribution in [2.24, 2.45) is 11.1 Å². The quantitative estimate of drug-likeness (QED) is 0.901. The molecule has 2 aromatic rings. The molecule has 0 fully saturated rings. The number of benzene rings is 1. The van der Waals surface area contributed by atoms with E-state index in [9.17, 15) is 4.79 Å². The van der Waals surface area contributed by atoms with Gasteiger partial charge in [-0.25, -0.2) is 4.68 Å². The Morgan fingerprint density at radius 3 is 2.35 bits per heavy atom. The highest BCUT2D eigenvalue weighted by atomic mass is 35.5. The van der Waals surface area contributed by atoms with Gasteiger partial charge in [0.2, 0.25) is 5.91 Å². The second-order valence-electron chi connectivity index (χ2n) is 6.62. The predicted molar refractivity (Wildman–Crippen MR) is 94.8 cm³/mol. The van der Waals surface area contributed by atoms with Gasteiger partial charge in [-0.2, -0.15) is 5.10 Å². The summed E-state index contributed by atoms with van der Waals surface area (Å²) < 4.78 is 1.79. The van der Waals surface area contributed by atoms with Gasteiger partial charge in [0.15, 0.2) is 0 Å². The summed E-state index contributed by atoms with van der Waals surface area (Å²) in [6, 6.07) is 9.20. The van der Waals surface area contributed by atoms with Crippen LogP contribution in [0.4, 0.5) is 0 Å². The number of nitrogens with one attached hydrogen (secondary N) is 1. The zero-order chi connectivity index (χ0) is 16.3. The summed E-state index contributed by atoms with van der Waals surface area (Å²) in [6.07, 6.45) is 3.63. The molecule has 0 aliphatic rings. The molecule has 0 saturated heterocycles. The third-order valence-electron chi connectivity index (χ3n) is 3.74. The molecule has 0 spiro atoms. The highest BCUT2D eigenvalue weighted by molar-refractivity contribution is 5.85. The van der Waals surface area contributed by atoms with E-state index < -0.39 is 6.04 Å². The Bertz CT molecular complexity index is 617. The molecule has 1 unspecified atom stereocenters. The lowest BCUT2D eigenvalue weighted by Crippen LogP contribution is -2.49. The van der Waals surface area contributed by atoms with Crippen LogP contribution in [0.2, 0.25) is 0 Å². The molecule has 1 heterocycles. The number of halogens is 1. The van der Waals surface area contributed by atoms with Gasteiger partial charge in [-0.05, 0) is 36.1 Å². The standard InChI is InChI=1S/C17H24N4O.ClH/c1-12(20-16(22)15(18)17(2,3)4)13-6-8-14(9-7-13)21-11-5-10-19-21;/h5-12,15H,18H2,1-4H3,(H,20,22);1H/t12?,15-;/m1./s1. The fraction of sp³-hybridized carbons (Fsp3) is 0.412. The van der Waals surface area contributed by atoms with E-state index in [2.05, 4.69) is 10.4 Å². The van der Waals surface area contributed by atoms with Crippen LogP contribution in [-0.4, -0.2) is 21.7 Å². The van der Waals surface area contributed by atoms with Crippen molar-refractivity contribution in [3.63, 3.8) is 0 Å². The van der Waals surface area contributed by atoms with E-state index in [4.69, 9.17) is 5.73 Å². The molecule has 2 rings (SSSR count). The molecule has 1 aromatic carbocycles. The van der Waals surface area contributed by atoms with E-state index in [0.29, 0.717) is 0 Å². The summed E-state index contributed by atoms with van der Waals surface area (Å²) in [4.78, 5) is 12.2. The number of nitrogens with two attached hydrogens (primary N) is 1. The van der Waals surface area contributed by atoms with Gasteiger partial charge in [-0.3, -0.25) is 4.79 Å². The molecule has 0 radical (unpaired) electrons. The van der Waals surface area contributed by atoms with E-state index in [1.54, 1.807) is 10.9 Å². The zero-order valence-electron chi connectivity index (χ0n) is 14.0. The Morgan fingerprint density at radius 1 is 1.26 bits per heavy atom. The second kappa shape index (κ2) is 7.62. The number of hydrogen-bond donors (Lipinski definition) is 2. The van der Waals surface area contributed by atoms with Crippen LogP contribution in [0.3, 0.4) is 0 Å². The summed E-state index contributed by atoms with van der Waals surface area (Å²) in [5.41, 5.74) is 7.75. The minimum Gasteiger partial charge on any atom is -0.348 e. The van der Waals surface area contributed by atoms with Crippen molar-refractivity contribution in [3.05, 3.63) is 48.3 Å². The van der Waals surface area contributed by atoms with Gasteiger partial charge >= 0.3 is 0 Å². The van der Waals surface area contributed by atoms with Crippen molar-refractivity contribution >= 4 is 18.3 Å². The van der Waals surface area contributed by atoms with Crippen LogP contribution in [0, 0.1) is 5.41 Å². The molecule has 1 aromatic heterocycles. The lowest BCUT2D eigenvalue weighted by atomic mass is 9.86. The van der Waals surface area contributed by atoms with Gasteiger partial charge < -0.3 is 11.1 Å². The Balaban J connectivity index is 0.00000264. The molecular weight excluding hydrogens is 312 g/mol. The van der Waals surface area contributed by atoms with Gasteiger partial charge in [-0.15, -0.1) is 12.4 Å². The van der Waals surface area contributed by atoms with Crippen molar-refractivity contribution in [1.29, 1.82) is 0 Å². The van der Waals surface area contributed by atoms with Crippen LogP contribution in [-0.2, 0) is 4.79 Å². The van der Waals surface area contributed by atoms with Crippen LogP contribution >= 0.6 is 12.4 Å². The number of carbonyl (C=O) groups is 1. The first-order valence-electron chi connectivity index (χ1n) is 7.45. The van der Waals surface area contributed by atoms with E-state index in [1.165, 1.54) is 0 Å². The molecule has 5 nitrogen and oxygen atoms in total. The lowest BCUT2D eigenvalue weighted by molar-refractivity contribution is -0.125. The van der Waals surface area contributed by atoms with Gasteiger partial charge in [-0.1, -0.05) is 32.9 Å². The average molecular weight is 337 g/mol. The molecular formula is C17H25ClN4O. The maximum absolute atomic E-state index is 12.2. The second-order valence-corrected chi connectivity index (χ2v) is 6.62. The normalized spacial score (nSPS) is 13.8. The van der Waals surface area contributed by atoms with Crippen molar-refractivity contribution < 1.29 is 4.79 Å². The molecule has 0 bridgehead atoms. The molecule has 23 heavy (non-hydrogen) atoms. The SMILES string of the molecule is CC(NC(=O)[C@@H](N)C(C)(C)C)c1ccc(-n2cccn2)cc1.Cl. The lowest BCUT2D eigenvalue weighted by Gasteiger charge is -2.27. The van der Waals surface area contributed by atoms with Crippen LogP contribution in [0.1, 0.15) is 39.3 Å². The molecule has 0 aliphatic carbocycles. The fourth-order valence-electron chi connectivity index (χ4n) is 2.12. The zero-order valence-corrected chi connectivity index (χ0v) is 14.8. The number of hydrogen-bond acceptors (Lipinski definition) is 3. The Labute approximate surface area is 143 Å². The highest BCUT2D eigenvalue weighted by Crippen LogP contribution is 2.20.